The Hall–Kier alpha value is -2.04. The summed E-state index contributed by atoms with van der Waals surface area (Å²) in [6.07, 6.45) is 0.0720. The molecule has 0 spiro atoms. The predicted octanol–water partition coefficient (Wildman–Crippen LogP) is 1.52. The second-order valence-corrected chi connectivity index (χ2v) is 4.17. The molecular weight excluding hydrogens is 234 g/mol. The largest absolute Gasteiger partial charge is 0.494 e. The number of anilines is 1. The summed E-state index contributed by atoms with van der Waals surface area (Å²) < 4.78 is 5.31. The summed E-state index contributed by atoms with van der Waals surface area (Å²) in [6.45, 7) is 2.72. The first kappa shape index (κ1) is 12.4. The minimum Gasteiger partial charge on any atom is -0.494 e. The molecule has 18 heavy (non-hydrogen) atoms. The maximum Gasteiger partial charge on any atom is 0.308 e. The molecule has 0 saturated carbocycles. The lowest BCUT2D eigenvalue weighted by molar-refractivity contribution is -0.141. The lowest BCUT2D eigenvalue weighted by Crippen LogP contribution is -2.25. The molecule has 1 heterocycles. The van der Waals surface area contributed by atoms with E-state index >= 15 is 0 Å². The number of amides is 1. The minimum absolute atomic E-state index is 0.0720. The van der Waals surface area contributed by atoms with Crippen LogP contribution in [0.1, 0.15) is 13.3 Å². The van der Waals surface area contributed by atoms with Gasteiger partial charge < -0.3 is 14.7 Å². The van der Waals surface area contributed by atoms with E-state index in [9.17, 15) is 9.59 Å². The molecule has 1 aromatic rings. The van der Waals surface area contributed by atoms with E-state index in [4.69, 9.17) is 9.84 Å². The second kappa shape index (κ2) is 5.08. The van der Waals surface area contributed by atoms with Gasteiger partial charge in [-0.2, -0.15) is 0 Å². The molecule has 1 saturated heterocycles. The minimum atomic E-state index is -0.920. The third-order valence-electron chi connectivity index (χ3n) is 2.93. The van der Waals surface area contributed by atoms with Gasteiger partial charge in [-0.05, 0) is 31.2 Å². The van der Waals surface area contributed by atoms with Gasteiger partial charge in [0, 0.05) is 18.7 Å². The van der Waals surface area contributed by atoms with Crippen LogP contribution in [0.2, 0.25) is 0 Å². The quantitative estimate of drug-likeness (QED) is 0.878. The highest BCUT2D eigenvalue weighted by atomic mass is 16.5. The molecule has 1 amide bonds. The SMILES string of the molecule is CCOc1ccc(N2C[C@H](C(=O)O)CC2=O)cc1. The summed E-state index contributed by atoms with van der Waals surface area (Å²) >= 11 is 0. The zero-order valence-electron chi connectivity index (χ0n) is 10.1. The van der Waals surface area contributed by atoms with E-state index in [1.165, 1.54) is 4.90 Å². The Balaban J connectivity index is 2.12. The molecule has 1 aromatic carbocycles. The third-order valence-corrected chi connectivity index (χ3v) is 2.93. The van der Waals surface area contributed by atoms with E-state index in [2.05, 4.69) is 0 Å². The van der Waals surface area contributed by atoms with Crippen LogP contribution in [0.15, 0.2) is 24.3 Å². The number of hydrogen-bond acceptors (Lipinski definition) is 3. The highest BCUT2D eigenvalue weighted by Crippen LogP contribution is 2.26. The van der Waals surface area contributed by atoms with Gasteiger partial charge in [-0.3, -0.25) is 9.59 Å². The highest BCUT2D eigenvalue weighted by molar-refractivity contribution is 5.99. The number of rotatable bonds is 4. The number of nitrogens with zero attached hydrogens (tertiary/aromatic N) is 1. The summed E-state index contributed by atoms with van der Waals surface area (Å²) in [4.78, 5) is 24.1. The van der Waals surface area contributed by atoms with Gasteiger partial charge in [0.05, 0.1) is 12.5 Å². The Bertz CT molecular complexity index is 455. The third kappa shape index (κ3) is 2.45. The van der Waals surface area contributed by atoms with E-state index in [1.807, 2.05) is 6.92 Å². The van der Waals surface area contributed by atoms with Crippen LogP contribution in [0.4, 0.5) is 5.69 Å². The second-order valence-electron chi connectivity index (χ2n) is 4.17. The number of hydrogen-bond donors (Lipinski definition) is 1. The first-order chi connectivity index (χ1) is 8.61. The van der Waals surface area contributed by atoms with Crippen molar-refractivity contribution < 1.29 is 19.4 Å². The maximum atomic E-state index is 11.7. The van der Waals surface area contributed by atoms with Gasteiger partial charge in [0.2, 0.25) is 5.91 Å². The van der Waals surface area contributed by atoms with E-state index in [-0.39, 0.29) is 18.9 Å². The van der Waals surface area contributed by atoms with Crippen molar-refractivity contribution >= 4 is 17.6 Å². The fourth-order valence-electron chi connectivity index (χ4n) is 2.01. The van der Waals surface area contributed by atoms with Crippen molar-refractivity contribution in [2.24, 2.45) is 5.92 Å². The molecule has 1 fully saturated rings. The fourth-order valence-corrected chi connectivity index (χ4v) is 2.01. The van der Waals surface area contributed by atoms with Crippen LogP contribution < -0.4 is 9.64 Å². The summed E-state index contributed by atoms with van der Waals surface area (Å²) in [5.41, 5.74) is 0.715. The molecule has 1 aliphatic heterocycles. The predicted molar refractivity (Wildman–Crippen MR) is 65.7 cm³/mol. The van der Waals surface area contributed by atoms with E-state index in [1.54, 1.807) is 24.3 Å². The molecule has 0 aromatic heterocycles. The number of carboxylic acids is 1. The van der Waals surface area contributed by atoms with Crippen molar-refractivity contribution in [1.82, 2.24) is 0 Å². The number of carbonyl (C=O) groups is 2. The van der Waals surface area contributed by atoms with Crippen LogP contribution in [0, 0.1) is 5.92 Å². The summed E-state index contributed by atoms with van der Waals surface area (Å²) in [5, 5.41) is 8.91. The summed E-state index contributed by atoms with van der Waals surface area (Å²) in [7, 11) is 0. The monoisotopic (exact) mass is 249 g/mol. The van der Waals surface area contributed by atoms with Gasteiger partial charge in [-0.1, -0.05) is 0 Å². The molecule has 0 unspecified atom stereocenters. The van der Waals surface area contributed by atoms with Crippen molar-refractivity contribution in [2.45, 2.75) is 13.3 Å². The van der Waals surface area contributed by atoms with Crippen molar-refractivity contribution in [3.63, 3.8) is 0 Å². The summed E-state index contributed by atoms with van der Waals surface area (Å²) in [6, 6.07) is 7.10. The average Bonchev–Trinajstić information content (AvgIpc) is 2.73. The molecule has 96 valence electrons. The number of ether oxygens (including phenoxy) is 1. The normalized spacial score (nSPS) is 19.1. The molecule has 0 radical (unpaired) electrons. The number of carboxylic acid groups (broad SMARTS) is 1. The first-order valence-corrected chi connectivity index (χ1v) is 5.88. The maximum absolute atomic E-state index is 11.7. The van der Waals surface area contributed by atoms with E-state index in [0.717, 1.165) is 5.75 Å². The Morgan fingerprint density at radius 1 is 1.44 bits per heavy atom. The van der Waals surface area contributed by atoms with Crippen LogP contribution in [-0.2, 0) is 9.59 Å². The van der Waals surface area contributed by atoms with Crippen LogP contribution in [0.25, 0.3) is 0 Å². The standard InChI is InChI=1S/C13H15NO4/c1-2-18-11-5-3-10(4-6-11)14-8-9(13(16)17)7-12(14)15/h3-6,9H,2,7-8H2,1H3,(H,16,17)/t9-/m1/s1. The zero-order chi connectivity index (χ0) is 13.1. The van der Waals surface area contributed by atoms with E-state index < -0.39 is 11.9 Å². The zero-order valence-corrected chi connectivity index (χ0v) is 10.1. The Kier molecular flexibility index (Phi) is 3.50. The van der Waals surface area contributed by atoms with Crippen LogP contribution >= 0.6 is 0 Å². The van der Waals surface area contributed by atoms with Crippen molar-refractivity contribution in [2.75, 3.05) is 18.1 Å². The van der Waals surface area contributed by atoms with Crippen molar-refractivity contribution in [3.8, 4) is 5.75 Å². The molecule has 2 rings (SSSR count). The number of aliphatic carboxylic acids is 1. The smallest absolute Gasteiger partial charge is 0.308 e. The van der Waals surface area contributed by atoms with Gasteiger partial charge in [-0.15, -0.1) is 0 Å². The molecule has 1 aliphatic rings. The highest BCUT2D eigenvalue weighted by Gasteiger charge is 2.34. The molecule has 1 N–H and O–H groups in total. The van der Waals surface area contributed by atoms with Gasteiger partial charge in [0.15, 0.2) is 0 Å². The molecule has 1 atom stereocenters. The fraction of sp³-hybridized carbons (Fsp3) is 0.385. The van der Waals surface area contributed by atoms with Gasteiger partial charge in [0.1, 0.15) is 5.75 Å². The van der Waals surface area contributed by atoms with Crippen LogP contribution in [0.5, 0.6) is 5.75 Å². The number of benzene rings is 1. The lowest BCUT2D eigenvalue weighted by atomic mass is 10.1. The van der Waals surface area contributed by atoms with Crippen molar-refractivity contribution in [1.29, 1.82) is 0 Å². The Labute approximate surface area is 105 Å². The molecule has 5 nitrogen and oxygen atoms in total. The molecule has 5 heteroatoms. The molecule has 0 aliphatic carbocycles. The van der Waals surface area contributed by atoms with Crippen LogP contribution in [0.3, 0.4) is 0 Å². The lowest BCUT2D eigenvalue weighted by Gasteiger charge is -2.16. The van der Waals surface area contributed by atoms with Gasteiger partial charge in [0.25, 0.3) is 0 Å². The summed E-state index contributed by atoms with van der Waals surface area (Å²) in [5.74, 6) is -0.935. The van der Waals surface area contributed by atoms with E-state index in [0.29, 0.717) is 12.3 Å². The molecule has 0 bridgehead atoms. The Morgan fingerprint density at radius 3 is 2.61 bits per heavy atom. The average molecular weight is 249 g/mol. The Morgan fingerprint density at radius 2 is 2.11 bits per heavy atom. The first-order valence-electron chi connectivity index (χ1n) is 5.88. The van der Waals surface area contributed by atoms with Crippen LogP contribution in [-0.4, -0.2) is 30.1 Å². The van der Waals surface area contributed by atoms with Crippen molar-refractivity contribution in [3.05, 3.63) is 24.3 Å². The number of carbonyl (C=O) groups excluding carboxylic acids is 1. The van der Waals surface area contributed by atoms with Gasteiger partial charge in [-0.25, -0.2) is 0 Å². The molecular formula is C13H15NO4. The topological polar surface area (TPSA) is 66.8 Å². The van der Waals surface area contributed by atoms with Gasteiger partial charge >= 0.3 is 5.97 Å².